The van der Waals surface area contributed by atoms with E-state index in [1.54, 1.807) is 28.7 Å². The molecule has 1 aliphatic heterocycles. The number of rotatable bonds is 5. The first kappa shape index (κ1) is 21.7. The number of nitrogens with one attached hydrogen (secondary N) is 2. The predicted octanol–water partition coefficient (Wildman–Crippen LogP) is 2.06. The maximum Gasteiger partial charge on any atom is 0.274 e. The Hall–Kier alpha value is -3.86. The van der Waals surface area contributed by atoms with Gasteiger partial charge in [-0.05, 0) is 31.0 Å². The summed E-state index contributed by atoms with van der Waals surface area (Å²) in [6, 6.07) is 6.81. The van der Waals surface area contributed by atoms with Crippen LogP contribution in [0.25, 0.3) is 16.6 Å². The highest BCUT2D eigenvalue weighted by molar-refractivity contribution is 5.92. The summed E-state index contributed by atoms with van der Waals surface area (Å²) in [6.07, 6.45) is 4.84. The van der Waals surface area contributed by atoms with Crippen molar-refractivity contribution in [1.29, 1.82) is 0 Å². The first-order chi connectivity index (χ1) is 17.0. The average Bonchev–Trinajstić information content (AvgIpc) is 3.52. The van der Waals surface area contributed by atoms with Gasteiger partial charge in [0.05, 0.1) is 23.7 Å². The van der Waals surface area contributed by atoms with Crippen LogP contribution in [0.1, 0.15) is 28.9 Å². The molecule has 2 aliphatic rings. The molecule has 1 saturated carbocycles. The minimum Gasteiger partial charge on any atom is -0.365 e. The third kappa shape index (κ3) is 4.01. The molecule has 4 heterocycles. The van der Waals surface area contributed by atoms with Crippen molar-refractivity contribution in [2.75, 3.05) is 31.1 Å². The molecule has 180 valence electrons. The molecule has 0 atom stereocenters. The molecule has 0 radical (unpaired) electrons. The minimum absolute atomic E-state index is 0.0783. The van der Waals surface area contributed by atoms with Crippen molar-refractivity contribution in [3.63, 3.8) is 0 Å². The van der Waals surface area contributed by atoms with Crippen molar-refractivity contribution >= 4 is 28.1 Å². The number of piperazine rings is 1. The van der Waals surface area contributed by atoms with E-state index < -0.39 is 17.3 Å². The van der Waals surface area contributed by atoms with Crippen molar-refractivity contribution in [1.82, 2.24) is 29.6 Å². The maximum atomic E-state index is 15.3. The molecular weight excluding hydrogens is 456 g/mol. The van der Waals surface area contributed by atoms with Crippen LogP contribution in [0.3, 0.4) is 0 Å². The zero-order valence-electron chi connectivity index (χ0n) is 18.8. The van der Waals surface area contributed by atoms with E-state index in [9.17, 15) is 14.0 Å². The molecule has 1 aromatic carbocycles. The Morgan fingerprint density at radius 2 is 1.89 bits per heavy atom. The number of aromatic amines is 1. The van der Waals surface area contributed by atoms with Crippen LogP contribution >= 0.6 is 0 Å². The summed E-state index contributed by atoms with van der Waals surface area (Å²) in [6.45, 7) is 2.62. The third-order valence-corrected chi connectivity index (χ3v) is 6.65. The molecule has 35 heavy (non-hydrogen) atoms. The molecule has 1 amide bonds. The van der Waals surface area contributed by atoms with E-state index in [4.69, 9.17) is 0 Å². The highest BCUT2D eigenvalue weighted by Gasteiger charge is 2.26. The Balaban J connectivity index is 1.14. The van der Waals surface area contributed by atoms with Crippen LogP contribution in [0.5, 0.6) is 0 Å². The maximum absolute atomic E-state index is 15.3. The van der Waals surface area contributed by atoms with Crippen LogP contribution in [0.4, 0.5) is 14.5 Å². The highest BCUT2D eigenvalue weighted by atomic mass is 19.1. The van der Waals surface area contributed by atoms with Gasteiger partial charge in [0.1, 0.15) is 16.7 Å². The third-order valence-electron chi connectivity index (χ3n) is 6.65. The number of nitrogens with zero attached hydrogens (tertiary/aromatic N) is 5. The number of anilines is 1. The Kier molecular flexibility index (Phi) is 5.21. The molecule has 1 aliphatic carbocycles. The lowest BCUT2D eigenvalue weighted by Crippen LogP contribution is -2.46. The summed E-state index contributed by atoms with van der Waals surface area (Å²) in [5.74, 6) is -1.49. The first-order valence-corrected chi connectivity index (χ1v) is 11.6. The fourth-order valence-corrected chi connectivity index (χ4v) is 4.55. The van der Waals surface area contributed by atoms with Gasteiger partial charge in [0.2, 0.25) is 5.95 Å². The zero-order chi connectivity index (χ0) is 24.1. The van der Waals surface area contributed by atoms with Crippen molar-refractivity contribution in [3.8, 4) is 0 Å². The van der Waals surface area contributed by atoms with E-state index in [-0.39, 0.29) is 23.2 Å². The molecule has 0 unspecified atom stereocenters. The number of fused-ring (bicyclic) bond motifs is 3. The lowest BCUT2D eigenvalue weighted by atomic mass is 10.1. The van der Waals surface area contributed by atoms with E-state index in [1.807, 2.05) is 4.90 Å². The van der Waals surface area contributed by atoms with E-state index in [0.29, 0.717) is 55.0 Å². The zero-order valence-corrected chi connectivity index (χ0v) is 18.8. The van der Waals surface area contributed by atoms with Crippen LogP contribution in [0.2, 0.25) is 0 Å². The largest absolute Gasteiger partial charge is 0.365 e. The van der Waals surface area contributed by atoms with Gasteiger partial charge in [0, 0.05) is 44.3 Å². The number of carbonyl (C=O) groups excluding carboxylic acids is 1. The van der Waals surface area contributed by atoms with Gasteiger partial charge in [-0.25, -0.2) is 14.4 Å². The monoisotopic (exact) mass is 479 g/mol. The SMILES string of the molecule is O=C(NC1CC1)c1ccc(N2CCN(Cc3ccc4c([nH]c(=O)c5cncn54)c3F)CC2)c(F)n1. The number of carbonyl (C=O) groups is 1. The van der Waals surface area contributed by atoms with Crippen molar-refractivity contribution in [2.45, 2.75) is 25.4 Å². The second-order valence-electron chi connectivity index (χ2n) is 9.05. The number of pyridine rings is 1. The summed E-state index contributed by atoms with van der Waals surface area (Å²) >= 11 is 0. The summed E-state index contributed by atoms with van der Waals surface area (Å²) in [5, 5.41) is 2.81. The Morgan fingerprint density at radius 3 is 2.63 bits per heavy atom. The number of imidazole rings is 1. The quantitative estimate of drug-likeness (QED) is 0.426. The van der Waals surface area contributed by atoms with E-state index >= 15 is 4.39 Å². The van der Waals surface area contributed by atoms with Crippen LogP contribution in [0.15, 0.2) is 41.6 Å². The number of aromatic nitrogens is 4. The van der Waals surface area contributed by atoms with Gasteiger partial charge >= 0.3 is 0 Å². The number of hydrogen-bond acceptors (Lipinski definition) is 6. The molecular formula is C24H23F2N7O2. The fourth-order valence-electron chi connectivity index (χ4n) is 4.55. The summed E-state index contributed by atoms with van der Waals surface area (Å²) in [5.41, 5.74) is 1.56. The van der Waals surface area contributed by atoms with E-state index in [2.05, 4.69) is 25.2 Å². The Bertz CT molecular complexity index is 1500. The van der Waals surface area contributed by atoms with Gasteiger partial charge in [-0.15, -0.1) is 0 Å². The average molecular weight is 479 g/mol. The number of benzene rings is 1. The van der Waals surface area contributed by atoms with Gasteiger partial charge in [0.25, 0.3) is 11.5 Å². The Morgan fingerprint density at radius 1 is 1.09 bits per heavy atom. The van der Waals surface area contributed by atoms with Gasteiger partial charge in [-0.2, -0.15) is 4.39 Å². The van der Waals surface area contributed by atoms with Gasteiger partial charge in [0.15, 0.2) is 5.82 Å². The Labute approximate surface area is 198 Å². The number of halogens is 2. The second-order valence-corrected chi connectivity index (χ2v) is 9.05. The fraction of sp³-hybridized carbons (Fsp3) is 0.333. The van der Waals surface area contributed by atoms with Crippen LogP contribution in [0, 0.1) is 11.8 Å². The van der Waals surface area contributed by atoms with Crippen molar-refractivity contribution < 1.29 is 13.6 Å². The predicted molar refractivity (Wildman–Crippen MR) is 125 cm³/mol. The standard InChI is InChI=1S/C24H23F2N7O2/c25-20-14(1-5-17-21(20)30-24(35)19-11-27-13-33(17)19)12-31-7-9-32(10-8-31)18-6-4-16(29-22(18)26)23(34)28-15-2-3-15/h1,4-6,11,13,15H,2-3,7-10,12H2,(H,28,34)(H,30,35). The van der Waals surface area contributed by atoms with Gasteiger partial charge in [-0.1, -0.05) is 6.07 Å². The normalized spacial score (nSPS) is 16.8. The van der Waals surface area contributed by atoms with Gasteiger partial charge in [-0.3, -0.25) is 18.9 Å². The smallest absolute Gasteiger partial charge is 0.274 e. The van der Waals surface area contributed by atoms with Crippen LogP contribution in [-0.2, 0) is 6.54 Å². The van der Waals surface area contributed by atoms with Gasteiger partial charge < -0.3 is 15.2 Å². The molecule has 2 fully saturated rings. The summed E-state index contributed by atoms with van der Waals surface area (Å²) in [7, 11) is 0. The summed E-state index contributed by atoms with van der Waals surface area (Å²) < 4.78 is 31.5. The number of amides is 1. The van der Waals surface area contributed by atoms with Crippen LogP contribution in [-0.4, -0.2) is 62.4 Å². The first-order valence-electron chi connectivity index (χ1n) is 11.6. The molecule has 9 nitrogen and oxygen atoms in total. The molecule has 1 saturated heterocycles. The molecule has 11 heteroatoms. The highest BCUT2D eigenvalue weighted by Crippen LogP contribution is 2.24. The molecule has 0 spiro atoms. The second kappa shape index (κ2) is 8.42. The lowest BCUT2D eigenvalue weighted by molar-refractivity contribution is 0.0945. The minimum atomic E-state index is -0.669. The van der Waals surface area contributed by atoms with E-state index in [0.717, 1.165) is 12.8 Å². The van der Waals surface area contributed by atoms with Crippen LogP contribution < -0.4 is 15.8 Å². The molecule has 4 aromatic rings. The van der Waals surface area contributed by atoms with E-state index in [1.165, 1.54) is 12.5 Å². The lowest BCUT2D eigenvalue weighted by Gasteiger charge is -2.36. The molecule has 0 bridgehead atoms. The molecule has 3 aromatic heterocycles. The number of H-pyrrole nitrogens is 1. The molecule has 6 rings (SSSR count). The molecule has 2 N–H and O–H groups in total. The number of hydrogen-bond donors (Lipinski definition) is 2. The topological polar surface area (TPSA) is 98.6 Å². The van der Waals surface area contributed by atoms with Crippen molar-refractivity contribution in [3.05, 3.63) is 70.2 Å². The summed E-state index contributed by atoms with van der Waals surface area (Å²) in [4.78, 5) is 38.8. The van der Waals surface area contributed by atoms with Crippen molar-refractivity contribution in [2.24, 2.45) is 0 Å².